The summed E-state index contributed by atoms with van der Waals surface area (Å²) in [4.78, 5) is 12.8. The smallest absolute Gasteiger partial charge is 0.262 e. The maximum atomic E-state index is 12.8. The molecule has 7 heteroatoms. The van der Waals surface area contributed by atoms with Crippen molar-refractivity contribution in [2.24, 2.45) is 0 Å². The number of anilines is 2. The minimum absolute atomic E-state index is 0.186. The highest BCUT2D eigenvalue weighted by Crippen LogP contribution is 2.22. The zero-order valence-corrected chi connectivity index (χ0v) is 14.5. The Morgan fingerprint density at radius 1 is 1.12 bits per heavy atom. The van der Waals surface area contributed by atoms with E-state index in [0.717, 1.165) is 16.8 Å². The van der Waals surface area contributed by atoms with Crippen molar-refractivity contribution in [2.45, 2.75) is 13.8 Å². The molecule has 0 fully saturated rings. The fourth-order valence-electron chi connectivity index (χ4n) is 3.11. The summed E-state index contributed by atoms with van der Waals surface area (Å²) in [7, 11) is 0. The van der Waals surface area contributed by atoms with E-state index in [-0.39, 0.29) is 11.7 Å². The molecule has 0 saturated carbocycles. The molecule has 7 nitrogen and oxygen atoms in total. The van der Waals surface area contributed by atoms with Crippen LogP contribution in [0.5, 0.6) is 0 Å². The van der Waals surface area contributed by atoms with Gasteiger partial charge in [0, 0.05) is 12.3 Å². The van der Waals surface area contributed by atoms with Gasteiger partial charge < -0.3 is 11.1 Å². The summed E-state index contributed by atoms with van der Waals surface area (Å²) in [6.45, 7) is 4.05. The zero-order valence-electron chi connectivity index (χ0n) is 14.5. The van der Waals surface area contributed by atoms with Gasteiger partial charge in [0.05, 0.1) is 17.4 Å². The van der Waals surface area contributed by atoms with Crippen LogP contribution in [-0.4, -0.2) is 25.3 Å². The number of benzene rings is 1. The molecule has 0 bridgehead atoms. The van der Waals surface area contributed by atoms with Crippen molar-refractivity contribution in [3.05, 3.63) is 71.5 Å². The number of carbonyl (C=O) groups is 1. The lowest BCUT2D eigenvalue weighted by Gasteiger charge is -2.10. The lowest BCUT2D eigenvalue weighted by molar-refractivity contribution is 0.102. The van der Waals surface area contributed by atoms with Crippen LogP contribution in [0.4, 0.5) is 11.6 Å². The second-order valence-corrected chi connectivity index (χ2v) is 6.22. The van der Waals surface area contributed by atoms with Crippen LogP contribution in [0.15, 0.2) is 54.9 Å². The quantitative estimate of drug-likeness (QED) is 0.597. The van der Waals surface area contributed by atoms with Gasteiger partial charge in [-0.15, -0.1) is 5.10 Å². The van der Waals surface area contributed by atoms with E-state index in [2.05, 4.69) is 21.6 Å². The van der Waals surface area contributed by atoms with E-state index in [0.29, 0.717) is 16.9 Å². The van der Waals surface area contributed by atoms with Crippen LogP contribution >= 0.6 is 0 Å². The second kappa shape index (κ2) is 6.03. The zero-order chi connectivity index (χ0) is 18.3. The van der Waals surface area contributed by atoms with E-state index >= 15 is 0 Å². The van der Waals surface area contributed by atoms with E-state index in [1.54, 1.807) is 33.7 Å². The van der Waals surface area contributed by atoms with Gasteiger partial charge >= 0.3 is 0 Å². The van der Waals surface area contributed by atoms with Crippen LogP contribution in [0.2, 0.25) is 0 Å². The Hall–Kier alpha value is -3.61. The Labute approximate surface area is 150 Å². The molecular formula is C19H18N6O. The van der Waals surface area contributed by atoms with Gasteiger partial charge in [0.1, 0.15) is 11.4 Å². The van der Waals surface area contributed by atoms with Crippen molar-refractivity contribution < 1.29 is 4.79 Å². The van der Waals surface area contributed by atoms with E-state index in [9.17, 15) is 4.79 Å². The van der Waals surface area contributed by atoms with Gasteiger partial charge in [-0.25, -0.2) is 9.20 Å². The molecule has 0 atom stereocenters. The van der Waals surface area contributed by atoms with E-state index in [4.69, 9.17) is 5.73 Å². The number of pyridine rings is 1. The number of nitrogens with zero attached hydrogens (tertiary/aromatic N) is 4. The predicted molar refractivity (Wildman–Crippen MR) is 101 cm³/mol. The number of carbonyl (C=O) groups excluding carboxylic acids is 1. The average molecular weight is 346 g/mol. The summed E-state index contributed by atoms with van der Waals surface area (Å²) in [5.41, 5.74) is 10.1. The van der Waals surface area contributed by atoms with Gasteiger partial charge in [0.15, 0.2) is 5.82 Å². The minimum Gasteiger partial charge on any atom is -0.382 e. The number of fused-ring (bicyclic) bond motifs is 1. The van der Waals surface area contributed by atoms with Crippen molar-refractivity contribution in [3.63, 3.8) is 0 Å². The monoisotopic (exact) mass is 346 g/mol. The first-order valence-corrected chi connectivity index (χ1v) is 8.20. The van der Waals surface area contributed by atoms with E-state index in [1.807, 2.05) is 38.1 Å². The third kappa shape index (κ3) is 2.69. The van der Waals surface area contributed by atoms with Crippen molar-refractivity contribution in [3.8, 4) is 5.69 Å². The number of nitrogens with two attached hydrogens (primary N) is 1. The standard InChI is InChI=1S/C19H18N6O/c1-12-9-13(2)11-14(10-12)25-16(6-7-21-25)22-19(26)17-15-5-3-4-8-24(15)23-18(17)20/h3-11H,1-2H3,(H2,20,23)(H,22,26). The maximum Gasteiger partial charge on any atom is 0.262 e. The van der Waals surface area contributed by atoms with Gasteiger partial charge in [0.2, 0.25) is 0 Å². The number of nitrogen functional groups attached to an aromatic ring is 1. The second-order valence-electron chi connectivity index (χ2n) is 6.22. The topological polar surface area (TPSA) is 90.2 Å². The van der Waals surface area contributed by atoms with Crippen LogP contribution in [-0.2, 0) is 0 Å². The summed E-state index contributed by atoms with van der Waals surface area (Å²) < 4.78 is 3.28. The van der Waals surface area contributed by atoms with Gasteiger partial charge in [-0.3, -0.25) is 4.79 Å². The molecule has 0 aliphatic rings. The predicted octanol–water partition coefficient (Wildman–Crippen LogP) is 2.97. The molecule has 0 aliphatic heterocycles. The highest BCUT2D eigenvalue weighted by atomic mass is 16.1. The molecule has 3 heterocycles. The Bertz CT molecular complexity index is 1100. The van der Waals surface area contributed by atoms with Crippen LogP contribution in [0.1, 0.15) is 21.5 Å². The normalized spacial score (nSPS) is 11.0. The molecule has 4 rings (SSSR count). The molecule has 130 valence electrons. The highest BCUT2D eigenvalue weighted by molar-refractivity contribution is 6.12. The number of hydrogen-bond acceptors (Lipinski definition) is 4. The third-order valence-electron chi connectivity index (χ3n) is 4.13. The van der Waals surface area contributed by atoms with E-state index < -0.39 is 0 Å². The first kappa shape index (κ1) is 15.9. The molecule has 4 aromatic rings. The maximum absolute atomic E-state index is 12.8. The summed E-state index contributed by atoms with van der Waals surface area (Å²) in [5.74, 6) is 0.427. The number of aryl methyl sites for hydroxylation is 2. The number of amides is 1. The van der Waals surface area contributed by atoms with Gasteiger partial charge in [-0.05, 0) is 49.2 Å². The molecule has 1 amide bonds. The molecule has 0 radical (unpaired) electrons. The molecule has 0 spiro atoms. The largest absolute Gasteiger partial charge is 0.382 e. The molecule has 0 unspecified atom stereocenters. The summed E-state index contributed by atoms with van der Waals surface area (Å²) in [6.07, 6.45) is 3.40. The van der Waals surface area contributed by atoms with Crippen LogP contribution in [0.3, 0.4) is 0 Å². The average Bonchev–Trinajstić information content (AvgIpc) is 3.16. The van der Waals surface area contributed by atoms with Gasteiger partial charge in [0.25, 0.3) is 5.91 Å². The van der Waals surface area contributed by atoms with Crippen LogP contribution in [0, 0.1) is 13.8 Å². The SMILES string of the molecule is Cc1cc(C)cc(-n2nccc2NC(=O)c2c(N)nn3ccccc23)c1. The highest BCUT2D eigenvalue weighted by Gasteiger charge is 2.19. The third-order valence-corrected chi connectivity index (χ3v) is 4.13. The summed E-state index contributed by atoms with van der Waals surface area (Å²) in [6, 6.07) is 13.3. The van der Waals surface area contributed by atoms with Crippen molar-refractivity contribution in [1.82, 2.24) is 19.4 Å². The van der Waals surface area contributed by atoms with Gasteiger partial charge in [-0.1, -0.05) is 12.1 Å². The lowest BCUT2D eigenvalue weighted by Crippen LogP contribution is -2.16. The molecule has 3 N–H and O–H groups in total. The molecule has 26 heavy (non-hydrogen) atoms. The Morgan fingerprint density at radius 3 is 2.65 bits per heavy atom. The van der Waals surface area contributed by atoms with Crippen LogP contribution in [0.25, 0.3) is 11.2 Å². The summed E-state index contributed by atoms with van der Waals surface area (Å²) >= 11 is 0. The lowest BCUT2D eigenvalue weighted by atomic mass is 10.1. The van der Waals surface area contributed by atoms with Crippen molar-refractivity contribution in [1.29, 1.82) is 0 Å². The Kier molecular flexibility index (Phi) is 3.69. The molecule has 0 aliphatic carbocycles. The van der Waals surface area contributed by atoms with Gasteiger partial charge in [-0.2, -0.15) is 5.10 Å². The minimum atomic E-state index is -0.324. The van der Waals surface area contributed by atoms with Crippen molar-refractivity contribution >= 4 is 23.1 Å². The van der Waals surface area contributed by atoms with E-state index in [1.165, 1.54) is 0 Å². The van der Waals surface area contributed by atoms with Crippen LogP contribution < -0.4 is 11.1 Å². The Morgan fingerprint density at radius 2 is 1.88 bits per heavy atom. The fourth-order valence-corrected chi connectivity index (χ4v) is 3.11. The number of hydrogen-bond donors (Lipinski definition) is 2. The molecular weight excluding hydrogens is 328 g/mol. The molecule has 0 saturated heterocycles. The summed E-state index contributed by atoms with van der Waals surface area (Å²) in [5, 5.41) is 11.4. The first-order chi connectivity index (χ1) is 12.5. The van der Waals surface area contributed by atoms with Crippen molar-refractivity contribution in [2.75, 3.05) is 11.1 Å². The molecule has 1 aromatic carbocycles. The Balaban J connectivity index is 1.71. The first-order valence-electron chi connectivity index (χ1n) is 8.20. The number of nitrogens with one attached hydrogen (secondary N) is 1. The molecule has 3 aromatic heterocycles. The number of aromatic nitrogens is 4. The number of rotatable bonds is 3. The fraction of sp³-hybridized carbons (Fsp3) is 0.105.